The predicted octanol–water partition coefficient (Wildman–Crippen LogP) is 1.38. The molecular weight excluding hydrogens is 202 g/mol. The smallest absolute Gasteiger partial charge is 0.0692 e. The van der Waals surface area contributed by atoms with Crippen LogP contribution in [0, 0.1) is 0 Å². The van der Waals surface area contributed by atoms with E-state index in [4.69, 9.17) is 10.5 Å². The summed E-state index contributed by atoms with van der Waals surface area (Å²) < 4.78 is 7.30. The Morgan fingerprint density at radius 2 is 2.25 bits per heavy atom. The molecule has 1 aliphatic rings. The fourth-order valence-electron chi connectivity index (χ4n) is 2.32. The lowest BCUT2D eigenvalue weighted by Gasteiger charge is -2.22. The van der Waals surface area contributed by atoms with Crippen LogP contribution < -0.4 is 5.73 Å². The van der Waals surface area contributed by atoms with Gasteiger partial charge in [0, 0.05) is 32.4 Å². The lowest BCUT2D eigenvalue weighted by Crippen LogP contribution is -2.17. The van der Waals surface area contributed by atoms with Crippen molar-refractivity contribution in [3.8, 4) is 0 Å². The van der Waals surface area contributed by atoms with Gasteiger partial charge in [0.1, 0.15) is 0 Å². The van der Waals surface area contributed by atoms with Crippen LogP contribution in [0.15, 0.2) is 6.20 Å². The standard InChI is InChI=1S/C12H21N3O/c1-9(7-13)11-8-15(2)14-12(11)10-3-5-16-6-4-10/h8-10H,3-7,13H2,1-2H3. The highest BCUT2D eigenvalue weighted by Crippen LogP contribution is 2.31. The van der Waals surface area contributed by atoms with Crippen molar-refractivity contribution in [3.63, 3.8) is 0 Å². The SMILES string of the molecule is CC(CN)c1cn(C)nc1C1CCOCC1. The zero-order valence-corrected chi connectivity index (χ0v) is 10.1. The Hall–Kier alpha value is -0.870. The molecule has 4 heteroatoms. The van der Waals surface area contributed by atoms with Crippen molar-refractivity contribution in [2.24, 2.45) is 12.8 Å². The van der Waals surface area contributed by atoms with E-state index in [0.29, 0.717) is 18.4 Å². The number of ether oxygens (including phenoxy) is 1. The van der Waals surface area contributed by atoms with Gasteiger partial charge in [-0.05, 0) is 30.9 Å². The predicted molar refractivity (Wildman–Crippen MR) is 63.5 cm³/mol. The van der Waals surface area contributed by atoms with Crippen molar-refractivity contribution in [1.29, 1.82) is 0 Å². The molecule has 0 bridgehead atoms. The van der Waals surface area contributed by atoms with Crippen molar-refractivity contribution < 1.29 is 4.74 Å². The first-order valence-corrected chi connectivity index (χ1v) is 6.03. The van der Waals surface area contributed by atoms with E-state index >= 15 is 0 Å². The quantitative estimate of drug-likeness (QED) is 0.842. The number of hydrogen-bond acceptors (Lipinski definition) is 3. The molecular formula is C12H21N3O. The van der Waals surface area contributed by atoms with Gasteiger partial charge < -0.3 is 10.5 Å². The molecule has 2 rings (SSSR count). The maximum atomic E-state index is 5.75. The van der Waals surface area contributed by atoms with E-state index in [1.165, 1.54) is 11.3 Å². The van der Waals surface area contributed by atoms with Gasteiger partial charge in [0.2, 0.25) is 0 Å². The van der Waals surface area contributed by atoms with E-state index < -0.39 is 0 Å². The van der Waals surface area contributed by atoms with Crippen molar-refractivity contribution in [2.75, 3.05) is 19.8 Å². The fraction of sp³-hybridized carbons (Fsp3) is 0.750. The highest BCUT2D eigenvalue weighted by atomic mass is 16.5. The second-order valence-corrected chi connectivity index (χ2v) is 4.67. The van der Waals surface area contributed by atoms with Crippen LogP contribution in [0.3, 0.4) is 0 Å². The molecule has 0 radical (unpaired) electrons. The van der Waals surface area contributed by atoms with Crippen LogP contribution in [-0.4, -0.2) is 29.5 Å². The lowest BCUT2D eigenvalue weighted by atomic mass is 9.90. The van der Waals surface area contributed by atoms with Crippen molar-refractivity contribution in [3.05, 3.63) is 17.5 Å². The highest BCUT2D eigenvalue weighted by molar-refractivity contribution is 5.25. The Morgan fingerprint density at radius 1 is 1.56 bits per heavy atom. The molecule has 2 N–H and O–H groups in total. The summed E-state index contributed by atoms with van der Waals surface area (Å²) in [5, 5.41) is 4.61. The molecule has 2 heterocycles. The zero-order chi connectivity index (χ0) is 11.5. The number of rotatable bonds is 3. The first kappa shape index (κ1) is 11.6. The van der Waals surface area contributed by atoms with Crippen molar-refractivity contribution >= 4 is 0 Å². The van der Waals surface area contributed by atoms with E-state index in [9.17, 15) is 0 Å². The summed E-state index contributed by atoms with van der Waals surface area (Å²) in [5.74, 6) is 0.950. The molecule has 1 aromatic rings. The number of aromatic nitrogens is 2. The van der Waals surface area contributed by atoms with Crippen LogP contribution in [0.2, 0.25) is 0 Å². The summed E-state index contributed by atoms with van der Waals surface area (Å²) in [4.78, 5) is 0. The van der Waals surface area contributed by atoms with Gasteiger partial charge in [-0.25, -0.2) is 0 Å². The van der Waals surface area contributed by atoms with Crippen molar-refractivity contribution in [1.82, 2.24) is 9.78 Å². The van der Waals surface area contributed by atoms with Crippen LogP contribution in [0.5, 0.6) is 0 Å². The summed E-state index contributed by atoms with van der Waals surface area (Å²) in [6, 6.07) is 0. The first-order chi connectivity index (χ1) is 7.72. The van der Waals surface area contributed by atoms with Gasteiger partial charge in [-0.2, -0.15) is 5.10 Å². The third kappa shape index (κ3) is 2.28. The first-order valence-electron chi connectivity index (χ1n) is 6.03. The Bertz CT molecular complexity index is 342. The highest BCUT2D eigenvalue weighted by Gasteiger charge is 2.23. The summed E-state index contributed by atoms with van der Waals surface area (Å²) in [5.41, 5.74) is 8.31. The Labute approximate surface area is 96.8 Å². The van der Waals surface area contributed by atoms with Crippen LogP contribution in [0.25, 0.3) is 0 Å². The van der Waals surface area contributed by atoms with E-state index in [1.807, 2.05) is 11.7 Å². The summed E-state index contributed by atoms with van der Waals surface area (Å²) in [6.07, 6.45) is 4.28. The van der Waals surface area contributed by atoms with Gasteiger partial charge in [-0.15, -0.1) is 0 Å². The van der Waals surface area contributed by atoms with Crippen LogP contribution in [0.4, 0.5) is 0 Å². The fourth-order valence-corrected chi connectivity index (χ4v) is 2.32. The Morgan fingerprint density at radius 3 is 2.88 bits per heavy atom. The minimum Gasteiger partial charge on any atom is -0.381 e. The van der Waals surface area contributed by atoms with Crippen LogP contribution in [0.1, 0.15) is 42.9 Å². The third-order valence-corrected chi connectivity index (χ3v) is 3.38. The van der Waals surface area contributed by atoms with Crippen LogP contribution in [-0.2, 0) is 11.8 Å². The molecule has 0 amide bonds. The maximum Gasteiger partial charge on any atom is 0.0692 e. The van der Waals surface area contributed by atoms with E-state index in [0.717, 1.165) is 26.1 Å². The average molecular weight is 223 g/mol. The average Bonchev–Trinajstić information content (AvgIpc) is 2.71. The van der Waals surface area contributed by atoms with Gasteiger partial charge in [-0.1, -0.05) is 6.92 Å². The van der Waals surface area contributed by atoms with Gasteiger partial charge >= 0.3 is 0 Å². The molecule has 1 aliphatic heterocycles. The topological polar surface area (TPSA) is 53.1 Å². The molecule has 1 saturated heterocycles. The molecule has 0 aliphatic carbocycles. The number of nitrogens with two attached hydrogens (primary N) is 1. The normalized spacial score (nSPS) is 19.9. The molecule has 0 spiro atoms. The van der Waals surface area contributed by atoms with E-state index in [2.05, 4.69) is 18.2 Å². The number of hydrogen-bond donors (Lipinski definition) is 1. The molecule has 1 aromatic heterocycles. The minimum atomic E-state index is 0.395. The molecule has 1 atom stereocenters. The second-order valence-electron chi connectivity index (χ2n) is 4.67. The molecule has 4 nitrogen and oxygen atoms in total. The molecule has 0 saturated carbocycles. The summed E-state index contributed by atoms with van der Waals surface area (Å²) in [7, 11) is 1.98. The maximum absolute atomic E-state index is 5.75. The van der Waals surface area contributed by atoms with E-state index in [1.54, 1.807) is 0 Å². The number of nitrogens with zero attached hydrogens (tertiary/aromatic N) is 2. The zero-order valence-electron chi connectivity index (χ0n) is 10.1. The monoisotopic (exact) mass is 223 g/mol. The summed E-state index contributed by atoms with van der Waals surface area (Å²) in [6.45, 7) is 4.57. The van der Waals surface area contributed by atoms with Gasteiger partial charge in [0.05, 0.1) is 5.69 Å². The molecule has 1 fully saturated rings. The summed E-state index contributed by atoms with van der Waals surface area (Å²) >= 11 is 0. The molecule has 16 heavy (non-hydrogen) atoms. The number of aryl methyl sites for hydroxylation is 1. The largest absolute Gasteiger partial charge is 0.381 e. The lowest BCUT2D eigenvalue weighted by molar-refractivity contribution is 0.0841. The minimum absolute atomic E-state index is 0.395. The Balaban J connectivity index is 2.24. The van der Waals surface area contributed by atoms with Gasteiger partial charge in [0.15, 0.2) is 0 Å². The van der Waals surface area contributed by atoms with Crippen molar-refractivity contribution in [2.45, 2.75) is 31.6 Å². The Kier molecular flexibility index (Phi) is 3.61. The second kappa shape index (κ2) is 4.97. The molecule has 1 unspecified atom stereocenters. The molecule has 0 aromatic carbocycles. The van der Waals surface area contributed by atoms with Gasteiger partial charge in [-0.3, -0.25) is 4.68 Å². The van der Waals surface area contributed by atoms with Gasteiger partial charge in [0.25, 0.3) is 0 Å². The van der Waals surface area contributed by atoms with Crippen LogP contribution >= 0.6 is 0 Å². The molecule has 90 valence electrons. The third-order valence-electron chi connectivity index (χ3n) is 3.38. The van der Waals surface area contributed by atoms with E-state index in [-0.39, 0.29) is 0 Å².